The molecule has 7 nitrogen and oxygen atoms in total. The zero-order valence-corrected chi connectivity index (χ0v) is 13.7. The van der Waals surface area contributed by atoms with Gasteiger partial charge in [0, 0.05) is 13.1 Å². The lowest BCUT2D eigenvalue weighted by atomic mass is 10.3. The smallest absolute Gasteiger partial charge is 0.264 e. The molecule has 0 aliphatic heterocycles. The molecule has 0 spiro atoms. The Kier molecular flexibility index (Phi) is 6.00. The highest BCUT2D eigenvalue weighted by Gasteiger charge is 2.23. The Bertz CT molecular complexity index is 703. The highest BCUT2D eigenvalue weighted by molar-refractivity contribution is 7.89. The molecule has 0 unspecified atom stereocenters. The summed E-state index contributed by atoms with van der Waals surface area (Å²) in [6.07, 6.45) is -0.00535. The van der Waals surface area contributed by atoms with Gasteiger partial charge in [-0.2, -0.15) is 12.7 Å². The second-order valence-electron chi connectivity index (χ2n) is 4.32. The van der Waals surface area contributed by atoms with Gasteiger partial charge in [-0.1, -0.05) is 18.5 Å². The molecule has 0 bridgehead atoms. The van der Waals surface area contributed by atoms with Gasteiger partial charge < -0.3 is 5.73 Å². The average Bonchev–Trinajstić information content (AvgIpc) is 2.36. The quantitative estimate of drug-likeness (QED) is 0.560. The van der Waals surface area contributed by atoms with Crippen LogP contribution in [0.5, 0.6) is 0 Å². The van der Waals surface area contributed by atoms with Crippen molar-refractivity contribution in [1.29, 1.82) is 0 Å². The second-order valence-corrected chi connectivity index (χ2v) is 8.24. The zero-order chi connectivity index (χ0) is 16.3. The third-order valence-electron chi connectivity index (χ3n) is 2.77. The standard InChI is InChI=1S/C11H17ClN2O5S2/c1-2-14(6-3-7-20(15,16)17)21(18,19)9-4-5-11(13)10(12)8-9/h4-5,8H,2-3,6-7,13H2,1H3,(H,15,16,17). The number of hydrogen-bond acceptors (Lipinski definition) is 5. The summed E-state index contributed by atoms with van der Waals surface area (Å²) >= 11 is 5.81. The molecule has 0 saturated carbocycles. The van der Waals surface area contributed by atoms with E-state index in [2.05, 4.69) is 0 Å². The number of nitrogens with zero attached hydrogens (tertiary/aromatic N) is 1. The minimum Gasteiger partial charge on any atom is -0.398 e. The van der Waals surface area contributed by atoms with Gasteiger partial charge in [0.25, 0.3) is 10.1 Å². The molecule has 0 radical (unpaired) electrons. The minimum absolute atomic E-state index is 0.00535. The maximum Gasteiger partial charge on any atom is 0.264 e. The van der Waals surface area contributed by atoms with Crippen molar-refractivity contribution < 1.29 is 21.4 Å². The first-order valence-electron chi connectivity index (χ1n) is 6.08. The third-order valence-corrected chi connectivity index (χ3v) is 5.87. The lowest BCUT2D eigenvalue weighted by Crippen LogP contribution is -2.32. The van der Waals surface area contributed by atoms with Crippen molar-refractivity contribution in [3.05, 3.63) is 23.2 Å². The largest absolute Gasteiger partial charge is 0.398 e. The molecule has 1 aromatic rings. The first-order chi connectivity index (χ1) is 9.58. The van der Waals surface area contributed by atoms with Crippen LogP contribution in [0.25, 0.3) is 0 Å². The van der Waals surface area contributed by atoms with Crippen LogP contribution in [0.1, 0.15) is 13.3 Å². The van der Waals surface area contributed by atoms with Gasteiger partial charge in [-0.25, -0.2) is 8.42 Å². The monoisotopic (exact) mass is 356 g/mol. The Morgan fingerprint density at radius 2 is 1.90 bits per heavy atom. The number of rotatable bonds is 7. The average molecular weight is 357 g/mol. The summed E-state index contributed by atoms with van der Waals surface area (Å²) in [5.41, 5.74) is 5.80. The van der Waals surface area contributed by atoms with Crippen molar-refractivity contribution in [1.82, 2.24) is 4.31 Å². The van der Waals surface area contributed by atoms with Gasteiger partial charge in [0.2, 0.25) is 10.0 Å². The Morgan fingerprint density at radius 1 is 1.29 bits per heavy atom. The van der Waals surface area contributed by atoms with Gasteiger partial charge in [0.1, 0.15) is 0 Å². The fourth-order valence-electron chi connectivity index (χ4n) is 1.69. The van der Waals surface area contributed by atoms with Crippen LogP contribution in [-0.4, -0.2) is 44.5 Å². The van der Waals surface area contributed by atoms with E-state index in [4.69, 9.17) is 21.9 Å². The molecule has 0 atom stereocenters. The Morgan fingerprint density at radius 3 is 2.38 bits per heavy atom. The maximum atomic E-state index is 12.4. The number of nitrogen functional groups attached to an aromatic ring is 1. The van der Waals surface area contributed by atoms with Crippen molar-refractivity contribution in [2.45, 2.75) is 18.2 Å². The molecule has 1 rings (SSSR count). The summed E-state index contributed by atoms with van der Waals surface area (Å²) in [4.78, 5) is -0.0181. The lowest BCUT2D eigenvalue weighted by Gasteiger charge is -2.20. The molecule has 120 valence electrons. The molecular weight excluding hydrogens is 340 g/mol. The SMILES string of the molecule is CCN(CCCS(=O)(=O)O)S(=O)(=O)c1ccc(N)c(Cl)c1. The van der Waals surface area contributed by atoms with Crippen LogP contribution in [-0.2, 0) is 20.1 Å². The van der Waals surface area contributed by atoms with Gasteiger partial charge in [0.05, 0.1) is 21.4 Å². The van der Waals surface area contributed by atoms with E-state index in [0.717, 1.165) is 4.31 Å². The Balaban J connectivity index is 2.94. The molecule has 0 fully saturated rings. The van der Waals surface area contributed by atoms with Crippen LogP contribution in [0.3, 0.4) is 0 Å². The molecule has 0 aliphatic carbocycles. The third kappa shape index (κ3) is 5.11. The topological polar surface area (TPSA) is 118 Å². The second kappa shape index (κ2) is 6.93. The van der Waals surface area contributed by atoms with Crippen LogP contribution in [0.15, 0.2) is 23.1 Å². The predicted octanol–water partition coefficient (Wildman–Crippen LogP) is 1.21. The first kappa shape index (κ1) is 18.2. The zero-order valence-electron chi connectivity index (χ0n) is 11.4. The normalized spacial score (nSPS) is 12.8. The van der Waals surface area contributed by atoms with Gasteiger partial charge in [0.15, 0.2) is 0 Å². The summed E-state index contributed by atoms with van der Waals surface area (Å²) in [7, 11) is -7.90. The first-order valence-corrected chi connectivity index (χ1v) is 9.51. The lowest BCUT2D eigenvalue weighted by molar-refractivity contribution is 0.421. The highest BCUT2D eigenvalue weighted by Crippen LogP contribution is 2.24. The van der Waals surface area contributed by atoms with Crippen molar-refractivity contribution >= 4 is 37.4 Å². The van der Waals surface area contributed by atoms with E-state index in [-0.39, 0.29) is 35.1 Å². The van der Waals surface area contributed by atoms with Crippen LogP contribution < -0.4 is 5.73 Å². The number of benzene rings is 1. The van der Waals surface area contributed by atoms with Crippen LogP contribution >= 0.6 is 11.6 Å². The molecular formula is C11H17ClN2O5S2. The molecule has 0 amide bonds. The van der Waals surface area contributed by atoms with E-state index in [1.165, 1.54) is 18.2 Å². The number of hydrogen-bond donors (Lipinski definition) is 2. The van der Waals surface area contributed by atoms with Gasteiger partial charge in [-0.3, -0.25) is 4.55 Å². The highest BCUT2D eigenvalue weighted by atomic mass is 35.5. The Labute approximate surface area is 129 Å². The van der Waals surface area contributed by atoms with Crippen LogP contribution in [0.4, 0.5) is 5.69 Å². The molecule has 0 heterocycles. The van der Waals surface area contributed by atoms with Crippen molar-refractivity contribution in [2.75, 3.05) is 24.6 Å². The minimum atomic E-state index is -4.11. The molecule has 0 aromatic heterocycles. The fraction of sp³-hybridized carbons (Fsp3) is 0.455. The molecule has 10 heteroatoms. The summed E-state index contributed by atoms with van der Waals surface area (Å²) in [6, 6.07) is 3.97. The molecule has 3 N–H and O–H groups in total. The summed E-state index contributed by atoms with van der Waals surface area (Å²) in [5.74, 6) is -0.498. The van der Waals surface area contributed by atoms with E-state index in [1.807, 2.05) is 0 Å². The number of anilines is 1. The van der Waals surface area contributed by atoms with Gasteiger partial charge >= 0.3 is 0 Å². The van der Waals surface area contributed by atoms with Gasteiger partial charge in [-0.15, -0.1) is 0 Å². The number of nitrogens with two attached hydrogens (primary N) is 1. The van der Waals surface area contributed by atoms with E-state index >= 15 is 0 Å². The molecule has 1 aromatic carbocycles. The summed E-state index contributed by atoms with van der Waals surface area (Å²) in [6.45, 7) is 1.76. The number of sulfonamides is 1. The Hall–Kier alpha value is -0.870. The maximum absolute atomic E-state index is 12.4. The summed E-state index contributed by atoms with van der Waals surface area (Å²) < 4.78 is 55.9. The van der Waals surface area contributed by atoms with Crippen molar-refractivity contribution in [3.8, 4) is 0 Å². The van der Waals surface area contributed by atoms with E-state index < -0.39 is 25.9 Å². The van der Waals surface area contributed by atoms with E-state index in [1.54, 1.807) is 6.92 Å². The van der Waals surface area contributed by atoms with Crippen LogP contribution in [0.2, 0.25) is 5.02 Å². The predicted molar refractivity (Wildman–Crippen MR) is 81.3 cm³/mol. The number of halogens is 1. The van der Waals surface area contributed by atoms with E-state index in [0.29, 0.717) is 0 Å². The van der Waals surface area contributed by atoms with Gasteiger partial charge in [-0.05, 0) is 24.6 Å². The molecule has 0 aliphatic rings. The fourth-order valence-corrected chi connectivity index (χ4v) is 3.94. The van der Waals surface area contributed by atoms with E-state index in [9.17, 15) is 16.8 Å². The molecule has 0 saturated heterocycles. The van der Waals surface area contributed by atoms with Crippen molar-refractivity contribution in [3.63, 3.8) is 0 Å². The molecule has 21 heavy (non-hydrogen) atoms. The van der Waals surface area contributed by atoms with Crippen LogP contribution in [0, 0.1) is 0 Å². The summed E-state index contributed by atoms with van der Waals surface area (Å²) in [5, 5.41) is 0.130. The van der Waals surface area contributed by atoms with Crippen molar-refractivity contribution in [2.24, 2.45) is 0 Å².